The minimum absolute atomic E-state index is 0.0340. The van der Waals surface area contributed by atoms with Crippen LogP contribution in [0.3, 0.4) is 0 Å². The third-order valence-corrected chi connectivity index (χ3v) is 3.37. The zero-order chi connectivity index (χ0) is 14.7. The number of rotatable bonds is 4. The smallest absolute Gasteiger partial charge is 0.282 e. The standard InChI is InChI=1S/C13H14N2O5/c1-20-12-7-6-9(8-16)14(12)13(17)10-4-2-3-5-11(10)15(18)19/h2-5,8-9,12H,6-7H2,1H3/t9-,12-/m0/s1. The van der Waals surface area contributed by atoms with Gasteiger partial charge in [0, 0.05) is 13.2 Å². The van der Waals surface area contributed by atoms with Gasteiger partial charge in [0.2, 0.25) is 0 Å². The highest BCUT2D eigenvalue weighted by molar-refractivity contribution is 5.99. The molecule has 1 aromatic rings. The fraction of sp³-hybridized carbons (Fsp3) is 0.385. The summed E-state index contributed by atoms with van der Waals surface area (Å²) in [6.07, 6.45) is 1.17. The van der Waals surface area contributed by atoms with Crippen LogP contribution in [-0.4, -0.2) is 41.4 Å². The zero-order valence-electron chi connectivity index (χ0n) is 10.9. The third-order valence-electron chi connectivity index (χ3n) is 3.37. The second kappa shape index (κ2) is 5.79. The number of amides is 1. The number of carbonyl (C=O) groups is 2. The van der Waals surface area contributed by atoms with Gasteiger partial charge in [-0.1, -0.05) is 12.1 Å². The summed E-state index contributed by atoms with van der Waals surface area (Å²) in [6.45, 7) is 0. The van der Waals surface area contributed by atoms with Crippen LogP contribution in [0.5, 0.6) is 0 Å². The molecule has 106 valence electrons. The Bertz CT molecular complexity index is 545. The van der Waals surface area contributed by atoms with E-state index in [1.54, 1.807) is 6.07 Å². The van der Waals surface area contributed by atoms with E-state index in [1.165, 1.54) is 30.2 Å². The van der Waals surface area contributed by atoms with Crippen molar-refractivity contribution in [2.45, 2.75) is 25.1 Å². The largest absolute Gasteiger partial charge is 0.362 e. The minimum atomic E-state index is -0.610. The molecule has 1 fully saturated rings. The van der Waals surface area contributed by atoms with Gasteiger partial charge < -0.3 is 14.4 Å². The molecule has 1 amide bonds. The van der Waals surface area contributed by atoms with Gasteiger partial charge in [-0.25, -0.2) is 0 Å². The Hall–Kier alpha value is -2.28. The van der Waals surface area contributed by atoms with Gasteiger partial charge in [0.1, 0.15) is 18.1 Å². The lowest BCUT2D eigenvalue weighted by molar-refractivity contribution is -0.385. The number of hydrogen-bond acceptors (Lipinski definition) is 5. The molecule has 0 spiro atoms. The van der Waals surface area contributed by atoms with Crippen LogP contribution in [0.25, 0.3) is 0 Å². The summed E-state index contributed by atoms with van der Waals surface area (Å²) < 4.78 is 5.18. The van der Waals surface area contributed by atoms with Crippen molar-refractivity contribution >= 4 is 17.9 Å². The summed E-state index contributed by atoms with van der Waals surface area (Å²) >= 11 is 0. The molecule has 1 aliphatic rings. The first-order chi connectivity index (χ1) is 9.60. The van der Waals surface area contributed by atoms with Crippen LogP contribution in [0.4, 0.5) is 5.69 Å². The Morgan fingerprint density at radius 2 is 2.15 bits per heavy atom. The van der Waals surface area contributed by atoms with Gasteiger partial charge >= 0.3 is 0 Å². The van der Waals surface area contributed by atoms with Crippen LogP contribution < -0.4 is 0 Å². The van der Waals surface area contributed by atoms with Crippen molar-refractivity contribution in [1.82, 2.24) is 4.90 Å². The van der Waals surface area contributed by atoms with Crippen molar-refractivity contribution < 1.29 is 19.2 Å². The van der Waals surface area contributed by atoms with Gasteiger partial charge in [-0.05, 0) is 18.9 Å². The summed E-state index contributed by atoms with van der Waals surface area (Å²) in [5.74, 6) is -0.557. The van der Waals surface area contributed by atoms with Gasteiger partial charge in [-0.2, -0.15) is 0 Å². The Labute approximate surface area is 115 Å². The van der Waals surface area contributed by atoms with E-state index >= 15 is 0 Å². The highest BCUT2D eigenvalue weighted by Gasteiger charge is 2.39. The number of nitro groups is 1. The topological polar surface area (TPSA) is 89.8 Å². The lowest BCUT2D eigenvalue weighted by Crippen LogP contribution is -2.43. The summed E-state index contributed by atoms with van der Waals surface area (Å²) in [5.41, 5.74) is -0.308. The Balaban J connectivity index is 2.39. The van der Waals surface area contributed by atoms with E-state index in [9.17, 15) is 19.7 Å². The molecular weight excluding hydrogens is 264 g/mol. The van der Waals surface area contributed by atoms with Crippen molar-refractivity contribution in [3.05, 3.63) is 39.9 Å². The molecule has 0 aromatic heterocycles. The van der Waals surface area contributed by atoms with Crippen molar-refractivity contribution in [3.8, 4) is 0 Å². The maximum Gasteiger partial charge on any atom is 0.282 e. The average molecular weight is 278 g/mol. The van der Waals surface area contributed by atoms with E-state index in [-0.39, 0.29) is 11.3 Å². The monoisotopic (exact) mass is 278 g/mol. The van der Waals surface area contributed by atoms with Crippen molar-refractivity contribution in [2.24, 2.45) is 0 Å². The lowest BCUT2D eigenvalue weighted by Gasteiger charge is -2.26. The minimum Gasteiger partial charge on any atom is -0.362 e. The molecule has 0 radical (unpaired) electrons. The molecule has 7 heteroatoms. The van der Waals surface area contributed by atoms with E-state index in [1.807, 2.05) is 0 Å². The van der Waals surface area contributed by atoms with E-state index in [4.69, 9.17) is 4.74 Å². The number of methoxy groups -OCH3 is 1. The fourth-order valence-corrected chi connectivity index (χ4v) is 2.40. The van der Waals surface area contributed by atoms with Crippen molar-refractivity contribution in [2.75, 3.05) is 7.11 Å². The van der Waals surface area contributed by atoms with Crippen LogP contribution in [0.1, 0.15) is 23.2 Å². The second-order valence-electron chi connectivity index (χ2n) is 4.46. The number of aldehydes is 1. The molecule has 0 N–H and O–H groups in total. The number of nitrogens with zero attached hydrogens (tertiary/aromatic N) is 2. The molecule has 2 atom stereocenters. The van der Waals surface area contributed by atoms with E-state index in [2.05, 4.69) is 0 Å². The van der Waals surface area contributed by atoms with Gasteiger partial charge in [-0.3, -0.25) is 14.9 Å². The molecule has 1 heterocycles. The Morgan fingerprint density at radius 1 is 1.45 bits per heavy atom. The highest BCUT2D eigenvalue weighted by atomic mass is 16.6. The van der Waals surface area contributed by atoms with Gasteiger partial charge in [-0.15, -0.1) is 0 Å². The predicted molar refractivity (Wildman–Crippen MR) is 69.1 cm³/mol. The average Bonchev–Trinajstić information content (AvgIpc) is 2.89. The van der Waals surface area contributed by atoms with Crippen LogP contribution >= 0.6 is 0 Å². The van der Waals surface area contributed by atoms with Crippen LogP contribution in [-0.2, 0) is 9.53 Å². The zero-order valence-corrected chi connectivity index (χ0v) is 10.9. The number of ether oxygens (including phenoxy) is 1. The van der Waals surface area contributed by atoms with E-state index in [0.29, 0.717) is 19.1 Å². The number of nitro benzene ring substituents is 1. The van der Waals surface area contributed by atoms with Crippen LogP contribution in [0, 0.1) is 10.1 Å². The van der Waals surface area contributed by atoms with Gasteiger partial charge in [0.15, 0.2) is 0 Å². The molecule has 0 saturated carbocycles. The lowest BCUT2D eigenvalue weighted by atomic mass is 10.1. The van der Waals surface area contributed by atoms with Crippen molar-refractivity contribution in [1.29, 1.82) is 0 Å². The molecule has 2 rings (SSSR count). The normalized spacial score (nSPS) is 21.8. The fourth-order valence-electron chi connectivity index (χ4n) is 2.40. The summed E-state index contributed by atoms with van der Waals surface area (Å²) in [6, 6.07) is 5.08. The first-order valence-corrected chi connectivity index (χ1v) is 6.14. The molecule has 0 unspecified atom stereocenters. The third kappa shape index (κ3) is 2.39. The highest BCUT2D eigenvalue weighted by Crippen LogP contribution is 2.28. The maximum absolute atomic E-state index is 12.5. The Kier molecular flexibility index (Phi) is 4.09. The number of hydrogen-bond donors (Lipinski definition) is 0. The molecule has 1 saturated heterocycles. The number of benzene rings is 1. The summed E-state index contributed by atoms with van der Waals surface area (Å²) in [7, 11) is 1.44. The number of carbonyl (C=O) groups excluding carboxylic acids is 2. The first kappa shape index (κ1) is 14.1. The van der Waals surface area contributed by atoms with Crippen molar-refractivity contribution in [3.63, 3.8) is 0 Å². The predicted octanol–water partition coefficient (Wildman–Crippen LogP) is 1.37. The second-order valence-corrected chi connectivity index (χ2v) is 4.46. The Morgan fingerprint density at radius 3 is 2.75 bits per heavy atom. The quantitative estimate of drug-likeness (QED) is 0.471. The molecule has 20 heavy (non-hydrogen) atoms. The van der Waals surface area contributed by atoms with E-state index in [0.717, 1.165) is 0 Å². The molecule has 7 nitrogen and oxygen atoms in total. The molecule has 0 bridgehead atoms. The molecule has 1 aromatic carbocycles. The molecular formula is C13H14N2O5. The van der Waals surface area contributed by atoms with Crippen LogP contribution in [0.15, 0.2) is 24.3 Å². The number of likely N-dealkylation sites (tertiary alicyclic amines) is 1. The van der Waals surface area contributed by atoms with E-state index < -0.39 is 23.1 Å². The summed E-state index contributed by atoms with van der Waals surface area (Å²) in [5, 5.41) is 11.0. The molecule has 1 aliphatic heterocycles. The summed E-state index contributed by atoms with van der Waals surface area (Å²) in [4.78, 5) is 35.2. The molecule has 0 aliphatic carbocycles. The SMILES string of the molecule is CO[C@H]1CC[C@@H](C=O)N1C(=O)c1ccccc1[N+](=O)[O-]. The maximum atomic E-state index is 12.5. The number of para-hydroxylation sites is 1. The van der Waals surface area contributed by atoms with Gasteiger partial charge in [0.25, 0.3) is 11.6 Å². The first-order valence-electron chi connectivity index (χ1n) is 6.14. The van der Waals surface area contributed by atoms with Crippen LogP contribution in [0.2, 0.25) is 0 Å². The van der Waals surface area contributed by atoms with Gasteiger partial charge in [0.05, 0.1) is 11.0 Å².